The van der Waals surface area contributed by atoms with Crippen LogP contribution in [0.15, 0.2) is 6.33 Å². The van der Waals surface area contributed by atoms with Crippen LogP contribution in [0.2, 0.25) is 0 Å². The normalized spacial score (nSPS) is 17.8. The number of rotatable bonds is 4. The van der Waals surface area contributed by atoms with Gasteiger partial charge in [0.25, 0.3) is 0 Å². The van der Waals surface area contributed by atoms with Crippen molar-refractivity contribution in [1.82, 2.24) is 20.6 Å². The summed E-state index contributed by atoms with van der Waals surface area (Å²) in [4.78, 5) is 8.56. The van der Waals surface area contributed by atoms with Gasteiger partial charge >= 0.3 is 10.5 Å². The molecule has 1 aromatic heterocycles. The number of ether oxygens (including phenoxy) is 2. The zero-order chi connectivity index (χ0) is 23.2. The molecule has 1 unspecified atom stereocenters. The maximum atomic E-state index is 9.62. The van der Waals surface area contributed by atoms with Crippen LogP contribution in [0.25, 0.3) is 0 Å². The molecule has 2 aliphatic heterocycles. The molecule has 3 heterocycles. The Bertz CT molecular complexity index is 770. The van der Waals surface area contributed by atoms with Gasteiger partial charge in [-0.15, -0.1) is 12.4 Å². The summed E-state index contributed by atoms with van der Waals surface area (Å²) in [5, 5.41) is 6.67. The number of nitrogens with one attached hydrogen (secondary N) is 2. The van der Waals surface area contributed by atoms with Crippen molar-refractivity contribution in [3.05, 3.63) is 11.9 Å². The Morgan fingerprint density at radius 1 is 0.935 bits per heavy atom. The Hall–Kier alpha value is -1.67. The molecule has 0 saturated carbocycles. The SMILES string of the molecule is CS(=O)[O-].C[N+](C)=S(=O)=O.Cc1c(OC2CCNCC2)ncnc1OC1CCNCC1. The molecule has 2 aliphatic rings. The van der Waals surface area contributed by atoms with Gasteiger partial charge in [0.05, 0.1) is 5.56 Å². The molecule has 2 N–H and O–H groups in total. The van der Waals surface area contributed by atoms with Crippen LogP contribution in [-0.2, 0) is 21.6 Å². The van der Waals surface area contributed by atoms with Crippen molar-refractivity contribution in [2.75, 3.05) is 46.5 Å². The van der Waals surface area contributed by atoms with Crippen molar-refractivity contribution < 1.29 is 30.6 Å². The molecule has 2 saturated heterocycles. The third kappa shape index (κ3) is 12.1. The summed E-state index contributed by atoms with van der Waals surface area (Å²) in [5.41, 5.74) is 0.912. The topological polar surface area (TPSA) is 146 Å². The second-order valence-corrected chi connectivity index (χ2v) is 9.14. The first-order chi connectivity index (χ1) is 14.7. The zero-order valence-corrected chi connectivity index (χ0v) is 20.1. The lowest BCUT2D eigenvalue weighted by Crippen LogP contribution is -2.35. The average Bonchev–Trinajstić information content (AvgIpc) is 2.72. The highest BCUT2D eigenvalue weighted by Gasteiger charge is 2.20. The molecule has 3 rings (SSSR count). The number of piperidine rings is 2. The van der Waals surface area contributed by atoms with Crippen LogP contribution >= 0.6 is 0 Å². The molecule has 11 nitrogen and oxygen atoms in total. The van der Waals surface area contributed by atoms with Gasteiger partial charge in [0.15, 0.2) is 14.1 Å². The van der Waals surface area contributed by atoms with E-state index in [1.807, 2.05) is 6.92 Å². The first-order valence-electron chi connectivity index (χ1n) is 10.0. The highest BCUT2D eigenvalue weighted by molar-refractivity contribution is 7.78. The van der Waals surface area contributed by atoms with Gasteiger partial charge in [0.2, 0.25) is 11.8 Å². The largest absolute Gasteiger partial charge is 0.773 e. The lowest BCUT2D eigenvalue weighted by Gasteiger charge is -2.26. The lowest BCUT2D eigenvalue weighted by molar-refractivity contribution is -0.438. The Kier molecular flexibility index (Phi) is 13.4. The lowest BCUT2D eigenvalue weighted by atomic mass is 10.1. The number of hydrogen-bond donors (Lipinski definition) is 2. The molecule has 1 aromatic rings. The monoisotopic (exact) mass is 479 g/mol. The van der Waals surface area contributed by atoms with Crippen molar-refractivity contribution in [3.8, 4) is 11.8 Å². The van der Waals surface area contributed by atoms with Gasteiger partial charge in [-0.3, -0.25) is 4.21 Å². The van der Waals surface area contributed by atoms with E-state index in [1.54, 1.807) is 6.33 Å². The van der Waals surface area contributed by atoms with E-state index in [-0.39, 0.29) is 12.2 Å². The maximum absolute atomic E-state index is 9.62. The standard InChI is InChI=1S/C15H24N4O2.C2H6NO2S.CH4O2S/c1-11-14(20-12-2-6-16-7-3-12)18-10-19-15(11)21-13-4-8-17-9-5-13;1-3(2)6(4)5;1-4(2)3/h10,12-13,16-17H,2-9H2,1H3;1-2H3;1H3,(H,2,3)/q;+1;/p-1. The minimum atomic E-state index is -2.03. The second-order valence-electron chi connectivity index (χ2n) is 7.17. The van der Waals surface area contributed by atoms with E-state index in [0.717, 1.165) is 67.6 Å². The van der Waals surface area contributed by atoms with Crippen molar-refractivity contribution in [2.24, 2.45) is 0 Å². The first-order valence-corrected chi connectivity index (χ1v) is 12.6. The van der Waals surface area contributed by atoms with Crippen LogP contribution in [0.3, 0.4) is 0 Å². The Balaban J connectivity index is 0.000000405. The Morgan fingerprint density at radius 2 is 1.26 bits per heavy atom. The van der Waals surface area contributed by atoms with Crippen LogP contribution in [-0.4, -0.2) is 89.8 Å². The maximum Gasteiger partial charge on any atom is 0.458 e. The van der Waals surface area contributed by atoms with Gasteiger partial charge < -0.3 is 24.7 Å². The number of hydrogen-bond acceptors (Lipinski definition) is 10. The predicted octanol–water partition coefficient (Wildman–Crippen LogP) is -0.137. The van der Waals surface area contributed by atoms with Crippen LogP contribution in [0, 0.1) is 6.92 Å². The molecule has 2 fully saturated rings. The minimum absolute atomic E-state index is 0.242. The highest BCUT2D eigenvalue weighted by atomic mass is 32.2. The summed E-state index contributed by atoms with van der Waals surface area (Å²) in [6, 6.07) is 0. The van der Waals surface area contributed by atoms with E-state index in [4.69, 9.17) is 18.2 Å². The quantitative estimate of drug-likeness (QED) is 0.442. The van der Waals surface area contributed by atoms with Gasteiger partial charge in [-0.05, 0) is 65.0 Å². The van der Waals surface area contributed by atoms with E-state index in [1.165, 1.54) is 14.1 Å². The molecular weight excluding hydrogens is 446 g/mol. The molecule has 0 radical (unpaired) electrons. The van der Waals surface area contributed by atoms with E-state index < -0.39 is 21.6 Å². The second kappa shape index (κ2) is 15.2. The molecule has 0 bridgehead atoms. The summed E-state index contributed by atoms with van der Waals surface area (Å²) < 4.78 is 50.4. The summed E-state index contributed by atoms with van der Waals surface area (Å²) in [6.07, 6.45) is 7.20. The number of nitrogens with zero attached hydrogens (tertiary/aromatic N) is 3. The molecule has 0 amide bonds. The predicted molar refractivity (Wildman–Crippen MR) is 116 cm³/mol. The summed E-state index contributed by atoms with van der Waals surface area (Å²) in [5.74, 6) is 1.33. The van der Waals surface area contributed by atoms with Gasteiger partial charge in [-0.2, -0.15) is 0 Å². The van der Waals surface area contributed by atoms with Crippen molar-refractivity contribution >= 4 is 21.6 Å². The van der Waals surface area contributed by atoms with Gasteiger partial charge in [-0.25, -0.2) is 9.97 Å². The van der Waals surface area contributed by atoms with Crippen LogP contribution in [0.4, 0.5) is 0 Å². The fraction of sp³-hybridized carbons (Fsp3) is 0.778. The van der Waals surface area contributed by atoms with Crippen molar-refractivity contribution in [2.45, 2.75) is 44.8 Å². The molecule has 178 valence electrons. The molecule has 0 aromatic carbocycles. The Morgan fingerprint density at radius 3 is 1.55 bits per heavy atom. The summed E-state index contributed by atoms with van der Waals surface area (Å²) in [6.45, 7) is 6.01. The van der Waals surface area contributed by atoms with Crippen LogP contribution < -0.4 is 20.1 Å². The van der Waals surface area contributed by atoms with Crippen molar-refractivity contribution in [1.29, 1.82) is 0 Å². The molecule has 0 spiro atoms. The van der Waals surface area contributed by atoms with Crippen LogP contribution in [0.5, 0.6) is 11.8 Å². The van der Waals surface area contributed by atoms with E-state index in [2.05, 4.69) is 20.6 Å². The molecule has 1 atom stereocenters. The molecule has 13 heteroatoms. The first kappa shape index (κ1) is 27.4. The van der Waals surface area contributed by atoms with E-state index in [9.17, 15) is 8.42 Å². The smallest absolute Gasteiger partial charge is 0.458 e. The zero-order valence-electron chi connectivity index (χ0n) is 18.5. The Labute approximate surface area is 187 Å². The third-order valence-electron chi connectivity index (χ3n) is 4.42. The van der Waals surface area contributed by atoms with Gasteiger partial charge in [-0.1, -0.05) is 11.1 Å². The summed E-state index contributed by atoms with van der Waals surface area (Å²) in [7, 11) is 0.889. The van der Waals surface area contributed by atoms with E-state index >= 15 is 0 Å². The third-order valence-corrected chi connectivity index (χ3v) is 5.01. The van der Waals surface area contributed by atoms with Crippen molar-refractivity contribution in [3.63, 3.8) is 0 Å². The van der Waals surface area contributed by atoms with Gasteiger partial charge in [0.1, 0.15) is 18.5 Å². The fourth-order valence-electron chi connectivity index (χ4n) is 2.80. The summed E-state index contributed by atoms with van der Waals surface area (Å²) >= 11 is -1.86. The van der Waals surface area contributed by atoms with E-state index in [0.29, 0.717) is 11.8 Å². The fourth-order valence-corrected chi connectivity index (χ4v) is 2.80. The average molecular weight is 480 g/mol. The molecule has 31 heavy (non-hydrogen) atoms. The highest BCUT2D eigenvalue weighted by Crippen LogP contribution is 2.26. The molecule has 0 aliphatic carbocycles. The molecular formula is C18H33N5O6S2. The van der Waals surface area contributed by atoms with Gasteiger partial charge in [0, 0.05) is 0 Å². The minimum Gasteiger partial charge on any atom is -0.773 e. The van der Waals surface area contributed by atoms with Crippen LogP contribution in [0.1, 0.15) is 31.2 Å². The number of aromatic nitrogens is 2.